The number of unbranched alkanes of at least 4 members (excludes halogenated alkanes) is 6. The van der Waals surface area contributed by atoms with Crippen molar-refractivity contribution < 1.29 is 28.4 Å². The van der Waals surface area contributed by atoms with Gasteiger partial charge in [-0.05, 0) is 92.2 Å². The number of amidine groups is 3. The van der Waals surface area contributed by atoms with E-state index in [0.29, 0.717) is 75.1 Å². The lowest BCUT2D eigenvalue weighted by Gasteiger charge is -2.39. The molecule has 0 bridgehead atoms. The third kappa shape index (κ3) is 17.6. The molecular weight excluding hydrogens is 981 g/mol. The molecule has 6 rings (SSSR count). The summed E-state index contributed by atoms with van der Waals surface area (Å²) >= 11 is 0. The van der Waals surface area contributed by atoms with E-state index in [9.17, 15) is 0 Å². The lowest BCUT2D eigenvalue weighted by Crippen LogP contribution is -2.48. The topological polar surface area (TPSA) is 95.7 Å². The molecule has 10 nitrogen and oxygen atoms in total. The highest BCUT2D eigenvalue weighted by Gasteiger charge is 2.41. The first kappa shape index (κ1) is 63.5. The van der Waals surface area contributed by atoms with Crippen LogP contribution >= 0.6 is 0 Å². The van der Waals surface area contributed by atoms with Crippen LogP contribution in [-0.4, -0.2) is 62.0 Å². The third-order valence-electron chi connectivity index (χ3n) is 17.3. The quantitative estimate of drug-likeness (QED) is 0.0558. The van der Waals surface area contributed by atoms with Gasteiger partial charge in [0.15, 0.2) is 34.5 Å². The van der Waals surface area contributed by atoms with E-state index in [4.69, 9.17) is 43.4 Å². The van der Waals surface area contributed by atoms with E-state index in [1.54, 1.807) is 0 Å². The number of hydrogen-bond donors (Lipinski definition) is 0. The molecule has 3 aromatic carbocycles. The summed E-state index contributed by atoms with van der Waals surface area (Å²) < 4.78 is 41.6. The van der Waals surface area contributed by atoms with Crippen LogP contribution in [0.3, 0.4) is 0 Å². The number of aliphatic imine (C=N–C) groups is 3. The van der Waals surface area contributed by atoms with Gasteiger partial charge in [0.05, 0.1) is 56.7 Å². The second kappa shape index (κ2) is 33.9. The summed E-state index contributed by atoms with van der Waals surface area (Å²) in [6.45, 7) is 31.0. The van der Waals surface area contributed by atoms with Crippen molar-refractivity contribution in [3.63, 3.8) is 0 Å². The summed E-state index contributed by atoms with van der Waals surface area (Å²) in [5.74, 6) is 9.27. The summed E-state index contributed by atoms with van der Waals surface area (Å²) in [5.41, 5.74) is 4.98. The molecule has 10 heteroatoms. The molecule has 0 amide bonds. The zero-order valence-corrected chi connectivity index (χ0v) is 51.9. The smallest absolute Gasteiger partial charge is 0.163 e. The number of rotatable bonds is 42. The van der Waals surface area contributed by atoms with Crippen LogP contribution in [-0.2, 0) is 0 Å². The van der Waals surface area contributed by atoms with Gasteiger partial charge in [-0.2, -0.15) is 0 Å². The molecule has 0 radical (unpaired) electrons. The van der Waals surface area contributed by atoms with Gasteiger partial charge in [0.2, 0.25) is 0 Å². The fourth-order valence-corrected chi connectivity index (χ4v) is 11.1. The zero-order chi connectivity index (χ0) is 56.5. The molecule has 3 aliphatic heterocycles. The molecule has 440 valence electrons. The van der Waals surface area contributed by atoms with Crippen molar-refractivity contribution in [1.82, 2.24) is 4.90 Å². The van der Waals surface area contributed by atoms with Crippen molar-refractivity contribution in [2.75, 3.05) is 39.6 Å². The number of hydrogen-bond acceptors (Lipinski definition) is 10. The number of fused-ring (bicyclic) bond motifs is 6. The van der Waals surface area contributed by atoms with Crippen LogP contribution in [0, 0.1) is 35.5 Å². The highest BCUT2D eigenvalue weighted by Crippen LogP contribution is 2.49. The maximum atomic E-state index is 6.94. The minimum atomic E-state index is 0.440. The molecule has 3 heterocycles. The first-order valence-electron chi connectivity index (χ1n) is 32.5. The van der Waals surface area contributed by atoms with Crippen molar-refractivity contribution in [2.24, 2.45) is 50.5 Å². The Balaban J connectivity index is 1.60. The van der Waals surface area contributed by atoms with Crippen LogP contribution in [0.4, 0.5) is 17.1 Å². The van der Waals surface area contributed by atoms with Crippen molar-refractivity contribution in [1.29, 1.82) is 0 Å². The molecule has 6 unspecified atom stereocenters. The van der Waals surface area contributed by atoms with Gasteiger partial charge in [-0.25, -0.2) is 15.0 Å². The summed E-state index contributed by atoms with van der Waals surface area (Å²) in [6.07, 6.45) is 27.2. The van der Waals surface area contributed by atoms with Crippen molar-refractivity contribution >= 4 is 34.6 Å². The first-order valence-corrected chi connectivity index (χ1v) is 32.5. The van der Waals surface area contributed by atoms with E-state index >= 15 is 0 Å². The highest BCUT2D eigenvalue weighted by atomic mass is 16.5. The molecule has 0 aliphatic carbocycles. The molecule has 3 aromatic rings. The minimum Gasteiger partial charge on any atom is -0.489 e. The summed E-state index contributed by atoms with van der Waals surface area (Å²) in [5, 5.41) is 0. The van der Waals surface area contributed by atoms with E-state index in [2.05, 4.69) is 124 Å². The van der Waals surface area contributed by atoms with Gasteiger partial charge >= 0.3 is 0 Å². The van der Waals surface area contributed by atoms with Gasteiger partial charge in [0.1, 0.15) is 17.5 Å². The number of benzene rings is 3. The maximum Gasteiger partial charge on any atom is 0.163 e. The molecule has 79 heavy (non-hydrogen) atoms. The van der Waals surface area contributed by atoms with Crippen LogP contribution in [0.1, 0.15) is 254 Å². The predicted octanol–water partition coefficient (Wildman–Crippen LogP) is 20.1. The van der Waals surface area contributed by atoms with Crippen molar-refractivity contribution in [3.05, 3.63) is 53.1 Å². The van der Waals surface area contributed by atoms with Crippen LogP contribution < -0.4 is 28.4 Å². The Morgan fingerprint density at radius 3 is 0.658 bits per heavy atom. The summed E-state index contributed by atoms with van der Waals surface area (Å²) in [4.78, 5) is 19.2. The second-order valence-corrected chi connectivity index (χ2v) is 23.5. The molecular formula is C69H108N4O6. The summed E-state index contributed by atoms with van der Waals surface area (Å²) in [7, 11) is 0. The van der Waals surface area contributed by atoms with E-state index in [0.717, 1.165) is 163 Å². The number of ether oxygens (including phenoxy) is 6. The minimum absolute atomic E-state index is 0.440. The average molecular weight is 1090 g/mol. The summed E-state index contributed by atoms with van der Waals surface area (Å²) in [6, 6.07) is 12.8. The van der Waals surface area contributed by atoms with Gasteiger partial charge in [-0.15, -0.1) is 0 Å². The second-order valence-electron chi connectivity index (χ2n) is 23.5. The lowest BCUT2D eigenvalue weighted by molar-refractivity contribution is 0.199. The Morgan fingerprint density at radius 1 is 0.291 bits per heavy atom. The van der Waals surface area contributed by atoms with Crippen LogP contribution in [0.15, 0.2) is 51.4 Å². The van der Waals surface area contributed by atoms with Crippen LogP contribution in [0.2, 0.25) is 0 Å². The van der Waals surface area contributed by atoms with Gasteiger partial charge in [0, 0.05) is 34.9 Å². The average Bonchev–Trinajstić information content (AvgIpc) is 3.50. The largest absolute Gasteiger partial charge is 0.489 e. The van der Waals surface area contributed by atoms with E-state index in [-0.39, 0.29) is 0 Å². The fraction of sp³-hybridized carbons (Fsp3) is 0.696. The van der Waals surface area contributed by atoms with Gasteiger partial charge in [-0.1, -0.05) is 199 Å². The monoisotopic (exact) mass is 1090 g/mol. The Bertz CT molecular complexity index is 2130. The Hall–Kier alpha value is -4.73. The SMILES string of the molecule is CCCCC(CC)COc1cc2c(cc1OCC(CC)CCCC)C1=Nc3cc(OCC(CC)CCCC)c(OCC(CC)CCCC)cc3C3=Nc4cc(OCC(CC)CCCC)c(OCC(CC)CCCC)cc4C(=N2)N13. The third-order valence-corrected chi connectivity index (χ3v) is 17.3. The normalized spacial score (nSPS) is 15.5. The number of nitrogens with zero attached hydrogens (tertiary/aromatic N) is 4. The molecule has 0 saturated carbocycles. The van der Waals surface area contributed by atoms with Crippen molar-refractivity contribution in [3.8, 4) is 34.5 Å². The predicted molar refractivity (Wildman–Crippen MR) is 333 cm³/mol. The van der Waals surface area contributed by atoms with E-state index < -0.39 is 0 Å². The fourth-order valence-electron chi connectivity index (χ4n) is 11.1. The highest BCUT2D eigenvalue weighted by molar-refractivity contribution is 6.36. The van der Waals surface area contributed by atoms with Gasteiger partial charge in [0.25, 0.3) is 0 Å². The standard InChI is InChI=1S/C69H108N4O6/c1-13-25-31-49(19-7)43-74-61-37-55-58(40-64(61)77-46-52(22-10)34-28-16-4)70-68-57-39-63(76-45-51(21-9)33-27-15-3)66(79-48-54(24-12)36-30-18-6)42-60(57)72-69-56-38-62(75-44-50(20-8)32-26-14-2)65(41-59(56)71-67(55)73(68)69)78-47-53(23-11)35-29-17-5/h37-42,49-54H,13-36,43-48H2,1-12H3. The van der Waals surface area contributed by atoms with E-state index in [1.807, 2.05) is 0 Å². The molecule has 0 fully saturated rings. The van der Waals surface area contributed by atoms with Crippen LogP contribution in [0.25, 0.3) is 0 Å². The molecule has 3 aliphatic rings. The molecule has 0 N–H and O–H groups in total. The molecule has 6 atom stereocenters. The van der Waals surface area contributed by atoms with E-state index in [1.165, 1.54) is 77.0 Å². The van der Waals surface area contributed by atoms with Gasteiger partial charge < -0.3 is 28.4 Å². The Labute approximate surface area is 480 Å². The van der Waals surface area contributed by atoms with Crippen molar-refractivity contribution in [2.45, 2.75) is 237 Å². The molecule has 0 spiro atoms. The molecule has 0 saturated heterocycles. The molecule has 0 aromatic heterocycles. The Kier molecular flexibility index (Phi) is 27.2. The van der Waals surface area contributed by atoms with Crippen LogP contribution in [0.5, 0.6) is 34.5 Å². The lowest BCUT2D eigenvalue weighted by atomic mass is 9.96. The Morgan fingerprint density at radius 2 is 0.481 bits per heavy atom. The van der Waals surface area contributed by atoms with Gasteiger partial charge in [-0.3, -0.25) is 4.90 Å². The zero-order valence-electron chi connectivity index (χ0n) is 51.9. The first-order chi connectivity index (χ1) is 38.6. The maximum absolute atomic E-state index is 6.94.